The third kappa shape index (κ3) is 3.83. The van der Waals surface area contributed by atoms with Crippen molar-refractivity contribution in [3.05, 3.63) is 48.2 Å². The Morgan fingerprint density at radius 2 is 1.83 bits per heavy atom. The molecule has 0 radical (unpaired) electrons. The van der Waals surface area contributed by atoms with Crippen LogP contribution in [0.15, 0.2) is 47.5 Å². The smallest absolute Gasteiger partial charge is 0.339 e. The summed E-state index contributed by atoms with van der Waals surface area (Å²) in [5.41, 5.74) is 0.0547. The summed E-state index contributed by atoms with van der Waals surface area (Å²) >= 11 is 0. The first kappa shape index (κ1) is 17.7. The molecule has 0 fully saturated rings. The molecule has 7 nitrogen and oxygen atoms in total. The summed E-state index contributed by atoms with van der Waals surface area (Å²) in [6.45, 7) is 4.98. The van der Waals surface area contributed by atoms with Crippen molar-refractivity contribution in [2.45, 2.75) is 18.7 Å². The largest absolute Gasteiger partial charge is 0.478 e. The molecule has 24 heavy (non-hydrogen) atoms. The van der Waals surface area contributed by atoms with Gasteiger partial charge in [-0.1, -0.05) is 18.2 Å². The van der Waals surface area contributed by atoms with Gasteiger partial charge < -0.3 is 10.0 Å². The molecule has 0 saturated carbocycles. The van der Waals surface area contributed by atoms with Gasteiger partial charge in [-0.2, -0.15) is 0 Å². The maximum absolute atomic E-state index is 12.3. The Balaban J connectivity index is 2.39. The van der Waals surface area contributed by atoms with E-state index in [0.29, 0.717) is 18.9 Å². The average molecular weight is 349 g/mol. The van der Waals surface area contributed by atoms with Crippen LogP contribution in [0.3, 0.4) is 0 Å². The lowest BCUT2D eigenvalue weighted by molar-refractivity contribution is 0.0697. The lowest BCUT2D eigenvalue weighted by Crippen LogP contribution is -2.25. The zero-order valence-electron chi connectivity index (χ0n) is 13.4. The number of aromatic carboxylic acids is 1. The molecule has 8 heteroatoms. The number of hydrogen-bond acceptors (Lipinski definition) is 5. The molecule has 0 atom stereocenters. The van der Waals surface area contributed by atoms with Crippen LogP contribution in [0.1, 0.15) is 24.2 Å². The van der Waals surface area contributed by atoms with E-state index in [9.17, 15) is 18.3 Å². The van der Waals surface area contributed by atoms with Crippen molar-refractivity contribution in [3.8, 4) is 0 Å². The fraction of sp³-hybridized carbons (Fsp3) is 0.250. The molecule has 1 aromatic heterocycles. The van der Waals surface area contributed by atoms with Crippen molar-refractivity contribution in [2.75, 3.05) is 22.7 Å². The maximum atomic E-state index is 12.3. The van der Waals surface area contributed by atoms with E-state index in [0.717, 1.165) is 0 Å². The molecular formula is C16H19N3O4S. The van der Waals surface area contributed by atoms with Gasteiger partial charge in [0, 0.05) is 13.1 Å². The summed E-state index contributed by atoms with van der Waals surface area (Å²) in [4.78, 5) is 17.5. The molecule has 0 saturated heterocycles. The van der Waals surface area contributed by atoms with Crippen LogP contribution in [-0.2, 0) is 10.0 Å². The molecule has 2 N–H and O–H groups in total. The van der Waals surface area contributed by atoms with Crippen LogP contribution in [0.4, 0.5) is 11.5 Å². The highest BCUT2D eigenvalue weighted by molar-refractivity contribution is 7.92. The van der Waals surface area contributed by atoms with Crippen molar-refractivity contribution in [2.24, 2.45) is 0 Å². The van der Waals surface area contributed by atoms with E-state index >= 15 is 0 Å². The van der Waals surface area contributed by atoms with E-state index < -0.39 is 16.0 Å². The minimum Gasteiger partial charge on any atom is -0.478 e. The number of benzene rings is 1. The Bertz CT molecular complexity index is 818. The van der Waals surface area contributed by atoms with Crippen molar-refractivity contribution in [3.63, 3.8) is 0 Å². The number of pyridine rings is 1. The number of sulfonamides is 1. The van der Waals surface area contributed by atoms with Gasteiger partial charge in [-0.3, -0.25) is 4.72 Å². The van der Waals surface area contributed by atoms with E-state index in [4.69, 9.17) is 0 Å². The van der Waals surface area contributed by atoms with Crippen LogP contribution in [0, 0.1) is 0 Å². The monoisotopic (exact) mass is 349 g/mol. The average Bonchev–Trinajstić information content (AvgIpc) is 2.57. The number of rotatable bonds is 7. The highest BCUT2D eigenvalue weighted by atomic mass is 32.2. The van der Waals surface area contributed by atoms with Crippen molar-refractivity contribution < 1.29 is 18.3 Å². The Kier molecular flexibility index (Phi) is 5.40. The fourth-order valence-electron chi connectivity index (χ4n) is 2.26. The molecule has 1 aromatic carbocycles. The molecule has 0 unspecified atom stereocenters. The van der Waals surface area contributed by atoms with Gasteiger partial charge in [0.1, 0.15) is 11.4 Å². The zero-order valence-corrected chi connectivity index (χ0v) is 14.2. The molecule has 0 aliphatic heterocycles. The van der Waals surface area contributed by atoms with E-state index in [1.165, 1.54) is 24.4 Å². The fourth-order valence-corrected chi connectivity index (χ4v) is 3.31. The second-order valence-corrected chi connectivity index (χ2v) is 6.67. The van der Waals surface area contributed by atoms with Gasteiger partial charge in [-0.15, -0.1) is 0 Å². The first-order chi connectivity index (χ1) is 11.4. The molecule has 0 spiro atoms. The summed E-state index contributed by atoms with van der Waals surface area (Å²) in [6, 6.07) is 9.12. The molecule has 1 heterocycles. The summed E-state index contributed by atoms with van der Waals surface area (Å²) in [5.74, 6) is -0.847. The number of hydrogen-bond donors (Lipinski definition) is 2. The molecular weight excluding hydrogens is 330 g/mol. The first-order valence-electron chi connectivity index (χ1n) is 7.45. The number of carbonyl (C=O) groups is 1. The Hall–Kier alpha value is -2.61. The summed E-state index contributed by atoms with van der Waals surface area (Å²) < 4.78 is 27.0. The normalized spacial score (nSPS) is 11.1. The molecule has 0 aliphatic carbocycles. The van der Waals surface area contributed by atoms with E-state index in [1.54, 1.807) is 23.1 Å². The van der Waals surface area contributed by atoms with Crippen LogP contribution in [0.25, 0.3) is 0 Å². The quantitative estimate of drug-likeness (QED) is 0.796. The van der Waals surface area contributed by atoms with Gasteiger partial charge in [0.05, 0.1) is 16.8 Å². The van der Waals surface area contributed by atoms with Crippen LogP contribution >= 0.6 is 0 Å². The van der Waals surface area contributed by atoms with E-state index in [-0.39, 0.29) is 16.1 Å². The van der Waals surface area contributed by atoms with Gasteiger partial charge >= 0.3 is 5.97 Å². The van der Waals surface area contributed by atoms with Crippen molar-refractivity contribution in [1.29, 1.82) is 0 Å². The molecule has 2 aromatic rings. The summed E-state index contributed by atoms with van der Waals surface area (Å²) in [6.07, 6.45) is 1.32. The van der Waals surface area contributed by atoms with Gasteiger partial charge in [0.2, 0.25) is 0 Å². The number of nitrogens with one attached hydrogen (secondary N) is 1. The number of anilines is 2. The number of nitrogens with zero attached hydrogens (tertiary/aromatic N) is 2. The van der Waals surface area contributed by atoms with Gasteiger partial charge in [0.15, 0.2) is 0 Å². The minimum absolute atomic E-state index is 0.0491. The molecule has 0 amide bonds. The number of carboxylic acid groups (broad SMARTS) is 1. The highest BCUT2D eigenvalue weighted by Crippen LogP contribution is 2.23. The van der Waals surface area contributed by atoms with Crippen molar-refractivity contribution in [1.82, 2.24) is 4.98 Å². The summed E-state index contributed by atoms with van der Waals surface area (Å²) in [7, 11) is -3.80. The topological polar surface area (TPSA) is 99.6 Å². The highest BCUT2D eigenvalue weighted by Gasteiger charge is 2.19. The van der Waals surface area contributed by atoms with E-state index in [2.05, 4.69) is 9.71 Å². The maximum Gasteiger partial charge on any atom is 0.339 e. The van der Waals surface area contributed by atoms with Crippen LogP contribution in [-0.4, -0.2) is 37.6 Å². The molecule has 2 rings (SSSR count). The Labute approximate surface area is 141 Å². The number of carboxylic acids is 1. The van der Waals surface area contributed by atoms with Crippen molar-refractivity contribution >= 4 is 27.5 Å². The van der Waals surface area contributed by atoms with Gasteiger partial charge in [-0.05, 0) is 32.0 Å². The SMILES string of the molecule is CCN(CC)c1ncc(NS(=O)(=O)c2ccccc2)cc1C(=O)O. The van der Waals surface area contributed by atoms with Crippen LogP contribution in [0.2, 0.25) is 0 Å². The second kappa shape index (κ2) is 7.31. The second-order valence-electron chi connectivity index (χ2n) is 4.99. The molecule has 0 bridgehead atoms. The van der Waals surface area contributed by atoms with Crippen LogP contribution in [0.5, 0.6) is 0 Å². The standard InChI is InChI=1S/C16H19N3O4S/c1-3-19(4-2)15-14(16(20)21)10-12(11-17-15)18-24(22,23)13-8-6-5-7-9-13/h5-11,18H,3-4H2,1-2H3,(H,20,21). The molecule has 0 aliphatic rings. The molecule has 128 valence electrons. The predicted octanol–water partition coefficient (Wildman–Crippen LogP) is 2.43. The lowest BCUT2D eigenvalue weighted by Gasteiger charge is -2.22. The summed E-state index contributed by atoms with van der Waals surface area (Å²) in [5, 5.41) is 9.40. The zero-order chi connectivity index (χ0) is 17.7. The Morgan fingerprint density at radius 1 is 1.21 bits per heavy atom. The third-order valence-electron chi connectivity index (χ3n) is 3.47. The van der Waals surface area contributed by atoms with E-state index in [1.807, 2.05) is 13.8 Å². The lowest BCUT2D eigenvalue weighted by atomic mass is 10.2. The third-order valence-corrected chi connectivity index (χ3v) is 4.86. The van der Waals surface area contributed by atoms with Gasteiger partial charge in [0.25, 0.3) is 10.0 Å². The first-order valence-corrected chi connectivity index (χ1v) is 8.93. The van der Waals surface area contributed by atoms with Gasteiger partial charge in [-0.25, -0.2) is 18.2 Å². The predicted molar refractivity (Wildman–Crippen MR) is 92.0 cm³/mol. The van der Waals surface area contributed by atoms with Crippen LogP contribution < -0.4 is 9.62 Å². The Morgan fingerprint density at radius 3 is 2.38 bits per heavy atom. The number of aromatic nitrogens is 1. The minimum atomic E-state index is -3.80.